The lowest BCUT2D eigenvalue weighted by Gasteiger charge is -2.01. The molecule has 4 nitrogen and oxygen atoms in total. The Balaban J connectivity index is 3.73. The number of rotatable bonds is 0. The van der Waals surface area contributed by atoms with Crippen molar-refractivity contribution in [3.8, 4) is 0 Å². The molecule has 1 heterocycles. The van der Waals surface area contributed by atoms with Crippen LogP contribution in [0.1, 0.15) is 5.56 Å². The van der Waals surface area contributed by atoms with Gasteiger partial charge in [0.2, 0.25) is 0 Å². The van der Waals surface area contributed by atoms with Crippen molar-refractivity contribution in [3.05, 3.63) is 31.0 Å². The van der Waals surface area contributed by atoms with Crippen molar-refractivity contribution in [3.63, 3.8) is 0 Å². The quantitative estimate of drug-likeness (QED) is 0.631. The minimum atomic E-state index is -0.410. The van der Waals surface area contributed by atoms with Gasteiger partial charge in [-0.05, 0) is 22.9 Å². The normalized spacial score (nSPS) is 10.1. The van der Waals surface area contributed by atoms with Gasteiger partial charge in [0.25, 0.3) is 5.56 Å². The van der Waals surface area contributed by atoms with Gasteiger partial charge in [-0.2, -0.15) is 0 Å². The number of halogens is 1. The van der Waals surface area contributed by atoms with Crippen LogP contribution in [0.3, 0.4) is 0 Å². The first-order valence-electron chi connectivity index (χ1n) is 2.99. The first-order valence-corrected chi connectivity index (χ1v) is 3.78. The Labute approximate surface area is 71.0 Å². The van der Waals surface area contributed by atoms with Gasteiger partial charge in [0.15, 0.2) is 0 Å². The summed E-state index contributed by atoms with van der Waals surface area (Å²) < 4.78 is 1.85. The zero-order chi connectivity index (χ0) is 8.59. The summed E-state index contributed by atoms with van der Waals surface area (Å²) in [4.78, 5) is 24.0. The van der Waals surface area contributed by atoms with E-state index in [4.69, 9.17) is 0 Å². The fourth-order valence-corrected chi connectivity index (χ4v) is 1.05. The van der Waals surface area contributed by atoms with Gasteiger partial charge < -0.3 is 0 Å². The average Bonchev–Trinajstić information content (AvgIpc) is 1.97. The zero-order valence-corrected chi connectivity index (χ0v) is 7.73. The molecule has 1 aromatic heterocycles. The maximum absolute atomic E-state index is 10.9. The summed E-state index contributed by atoms with van der Waals surface area (Å²) in [6.07, 6.45) is 0. The Bertz CT molecular complexity index is 356. The lowest BCUT2D eigenvalue weighted by molar-refractivity contribution is 0.766. The van der Waals surface area contributed by atoms with E-state index < -0.39 is 5.69 Å². The fourth-order valence-electron chi connectivity index (χ4n) is 0.709. The molecule has 0 unspecified atom stereocenters. The van der Waals surface area contributed by atoms with E-state index in [9.17, 15) is 9.59 Å². The summed E-state index contributed by atoms with van der Waals surface area (Å²) in [6.45, 7) is 1.64. The second-order valence-electron chi connectivity index (χ2n) is 2.23. The van der Waals surface area contributed by atoms with Crippen LogP contribution >= 0.6 is 15.9 Å². The largest absolute Gasteiger partial charge is 0.328 e. The molecule has 0 aliphatic rings. The third-order valence-corrected chi connectivity index (χ3v) is 2.60. The number of aromatic amines is 1. The summed E-state index contributed by atoms with van der Waals surface area (Å²) in [5.41, 5.74) is -0.250. The molecule has 1 aromatic rings. The van der Waals surface area contributed by atoms with E-state index in [0.29, 0.717) is 10.2 Å². The number of hydrogen-bond acceptors (Lipinski definition) is 2. The molecule has 5 heteroatoms. The summed E-state index contributed by atoms with van der Waals surface area (Å²) in [6, 6.07) is 0. The van der Waals surface area contributed by atoms with Gasteiger partial charge in [0.1, 0.15) is 0 Å². The van der Waals surface area contributed by atoms with Crippen LogP contribution < -0.4 is 11.2 Å². The van der Waals surface area contributed by atoms with Crippen LogP contribution in [0.4, 0.5) is 0 Å². The predicted molar refractivity (Wildman–Crippen MR) is 44.7 cm³/mol. The maximum atomic E-state index is 10.9. The second kappa shape index (κ2) is 2.65. The van der Waals surface area contributed by atoms with Crippen LogP contribution in [-0.2, 0) is 7.05 Å². The SMILES string of the molecule is Cc1c(Br)n(C)c(=O)[nH]c1=O. The van der Waals surface area contributed by atoms with Crippen LogP contribution in [-0.4, -0.2) is 9.55 Å². The summed E-state index contributed by atoms with van der Waals surface area (Å²) in [5, 5.41) is 0. The van der Waals surface area contributed by atoms with Crippen LogP contribution in [0.15, 0.2) is 14.2 Å². The van der Waals surface area contributed by atoms with Gasteiger partial charge in [0.05, 0.1) is 4.60 Å². The minimum absolute atomic E-state index is 0.347. The van der Waals surface area contributed by atoms with Gasteiger partial charge in [-0.1, -0.05) is 0 Å². The van der Waals surface area contributed by atoms with Crippen molar-refractivity contribution in [2.75, 3.05) is 0 Å². The molecule has 0 aromatic carbocycles. The topological polar surface area (TPSA) is 54.9 Å². The van der Waals surface area contributed by atoms with Gasteiger partial charge in [-0.25, -0.2) is 4.79 Å². The molecule has 11 heavy (non-hydrogen) atoms. The van der Waals surface area contributed by atoms with E-state index in [1.165, 1.54) is 4.57 Å². The predicted octanol–water partition coefficient (Wildman–Crippen LogP) is 0.145. The molecule has 1 N–H and O–H groups in total. The molecule has 0 saturated carbocycles. The van der Waals surface area contributed by atoms with E-state index in [-0.39, 0.29) is 5.56 Å². The number of H-pyrrole nitrogens is 1. The van der Waals surface area contributed by atoms with Gasteiger partial charge in [-0.15, -0.1) is 0 Å². The highest BCUT2D eigenvalue weighted by atomic mass is 79.9. The Kier molecular flexibility index (Phi) is 1.99. The molecule has 0 amide bonds. The first-order chi connectivity index (χ1) is 5.04. The smallest absolute Gasteiger partial charge is 0.290 e. The Morgan fingerprint density at radius 1 is 1.45 bits per heavy atom. The molecule has 0 spiro atoms. The highest BCUT2D eigenvalue weighted by Crippen LogP contribution is 2.06. The van der Waals surface area contributed by atoms with Crippen LogP contribution in [0, 0.1) is 6.92 Å². The van der Waals surface area contributed by atoms with Crippen molar-refractivity contribution < 1.29 is 0 Å². The number of nitrogens with zero attached hydrogens (tertiary/aromatic N) is 1. The van der Waals surface area contributed by atoms with Crippen LogP contribution in [0.2, 0.25) is 0 Å². The van der Waals surface area contributed by atoms with Crippen molar-refractivity contribution in [2.45, 2.75) is 6.92 Å². The Morgan fingerprint density at radius 2 is 2.00 bits per heavy atom. The van der Waals surface area contributed by atoms with E-state index in [1.54, 1.807) is 14.0 Å². The van der Waals surface area contributed by atoms with Crippen molar-refractivity contribution in [1.29, 1.82) is 0 Å². The van der Waals surface area contributed by atoms with E-state index in [2.05, 4.69) is 20.9 Å². The molecule has 0 fully saturated rings. The second-order valence-corrected chi connectivity index (χ2v) is 2.99. The van der Waals surface area contributed by atoms with Crippen molar-refractivity contribution in [1.82, 2.24) is 9.55 Å². The first kappa shape index (κ1) is 8.26. The fraction of sp³-hybridized carbons (Fsp3) is 0.333. The van der Waals surface area contributed by atoms with Crippen molar-refractivity contribution in [2.24, 2.45) is 7.05 Å². The molecular formula is C6H7BrN2O2. The number of aromatic nitrogens is 2. The van der Waals surface area contributed by atoms with E-state index in [0.717, 1.165) is 0 Å². The Morgan fingerprint density at radius 3 is 2.55 bits per heavy atom. The Hall–Kier alpha value is -0.840. The highest BCUT2D eigenvalue weighted by Gasteiger charge is 2.03. The molecule has 0 aliphatic carbocycles. The lowest BCUT2D eigenvalue weighted by atomic mass is 10.4. The zero-order valence-electron chi connectivity index (χ0n) is 6.14. The maximum Gasteiger partial charge on any atom is 0.328 e. The number of hydrogen-bond donors (Lipinski definition) is 1. The summed E-state index contributed by atoms with van der Waals surface area (Å²) in [5.74, 6) is 0. The third kappa shape index (κ3) is 1.28. The molecule has 0 saturated heterocycles. The minimum Gasteiger partial charge on any atom is -0.290 e. The van der Waals surface area contributed by atoms with E-state index >= 15 is 0 Å². The van der Waals surface area contributed by atoms with Gasteiger partial charge in [0, 0.05) is 12.6 Å². The van der Waals surface area contributed by atoms with Crippen molar-refractivity contribution >= 4 is 15.9 Å². The summed E-state index contributed by atoms with van der Waals surface area (Å²) >= 11 is 3.12. The molecule has 60 valence electrons. The molecule has 0 atom stereocenters. The third-order valence-electron chi connectivity index (χ3n) is 1.47. The van der Waals surface area contributed by atoms with Crippen LogP contribution in [0.5, 0.6) is 0 Å². The molecular weight excluding hydrogens is 212 g/mol. The average molecular weight is 219 g/mol. The molecule has 0 bridgehead atoms. The molecule has 0 radical (unpaired) electrons. The van der Waals surface area contributed by atoms with Gasteiger partial charge in [-0.3, -0.25) is 14.3 Å². The lowest BCUT2D eigenvalue weighted by Crippen LogP contribution is -2.30. The highest BCUT2D eigenvalue weighted by molar-refractivity contribution is 9.10. The molecule has 1 rings (SSSR count). The number of nitrogens with one attached hydrogen (secondary N) is 1. The van der Waals surface area contributed by atoms with E-state index in [1.807, 2.05) is 0 Å². The standard InChI is InChI=1S/C6H7BrN2O2/c1-3-4(7)9(2)6(11)8-5(3)10/h1-2H3,(H,8,10,11). The molecule has 0 aliphatic heterocycles. The summed E-state index contributed by atoms with van der Waals surface area (Å²) in [7, 11) is 1.58. The van der Waals surface area contributed by atoms with Crippen LogP contribution in [0.25, 0.3) is 0 Å². The monoisotopic (exact) mass is 218 g/mol. The van der Waals surface area contributed by atoms with Gasteiger partial charge >= 0.3 is 5.69 Å².